The summed E-state index contributed by atoms with van der Waals surface area (Å²) in [7, 11) is 1.75. The van der Waals surface area contributed by atoms with Crippen LogP contribution >= 0.6 is 0 Å². The van der Waals surface area contributed by atoms with E-state index in [4.69, 9.17) is 4.74 Å². The molecule has 0 saturated heterocycles. The van der Waals surface area contributed by atoms with Crippen LogP contribution in [-0.4, -0.2) is 19.2 Å². The van der Waals surface area contributed by atoms with Crippen molar-refractivity contribution in [3.63, 3.8) is 0 Å². The van der Waals surface area contributed by atoms with Gasteiger partial charge in [0.05, 0.1) is 7.11 Å². The average molecular weight is 233 g/mol. The van der Waals surface area contributed by atoms with Crippen LogP contribution in [0.3, 0.4) is 0 Å². The van der Waals surface area contributed by atoms with E-state index in [-0.39, 0.29) is 0 Å². The van der Waals surface area contributed by atoms with Crippen LogP contribution < -0.4 is 10.1 Å². The van der Waals surface area contributed by atoms with Gasteiger partial charge in [-0.1, -0.05) is 19.1 Å². The average Bonchev–Trinajstić information content (AvgIpc) is 3.12. The Kier molecular flexibility index (Phi) is 4.06. The van der Waals surface area contributed by atoms with Gasteiger partial charge in [-0.2, -0.15) is 0 Å². The maximum atomic E-state index is 5.44. The van der Waals surface area contributed by atoms with E-state index in [0.29, 0.717) is 6.04 Å². The maximum Gasteiger partial charge on any atom is 0.122 e. The van der Waals surface area contributed by atoms with Gasteiger partial charge in [0.1, 0.15) is 5.75 Å². The first-order valence-electron chi connectivity index (χ1n) is 6.64. The van der Waals surface area contributed by atoms with Gasteiger partial charge in [0.2, 0.25) is 0 Å². The third-order valence-electron chi connectivity index (χ3n) is 3.38. The van der Waals surface area contributed by atoms with Crippen molar-refractivity contribution in [2.75, 3.05) is 7.11 Å². The smallest absolute Gasteiger partial charge is 0.122 e. The summed E-state index contributed by atoms with van der Waals surface area (Å²) in [6.07, 6.45) is 4.82. The van der Waals surface area contributed by atoms with Gasteiger partial charge in [-0.25, -0.2) is 0 Å². The second-order valence-corrected chi connectivity index (χ2v) is 5.05. The molecule has 0 aliphatic heterocycles. The first-order chi connectivity index (χ1) is 8.22. The lowest BCUT2D eigenvalue weighted by Gasteiger charge is -2.16. The Morgan fingerprint density at radius 1 is 1.41 bits per heavy atom. The Bertz CT molecular complexity index is 371. The highest BCUT2D eigenvalue weighted by Crippen LogP contribution is 2.24. The first kappa shape index (κ1) is 12.4. The lowest BCUT2D eigenvalue weighted by atomic mass is 10.0. The SMILES string of the molecule is CCc1ccc(OC)c(CC(C)NC2CC2)c1. The molecule has 0 spiro atoms. The summed E-state index contributed by atoms with van der Waals surface area (Å²) in [5.74, 6) is 1.02. The summed E-state index contributed by atoms with van der Waals surface area (Å²) >= 11 is 0. The van der Waals surface area contributed by atoms with Crippen LogP contribution in [0.25, 0.3) is 0 Å². The molecule has 2 nitrogen and oxygen atoms in total. The van der Waals surface area contributed by atoms with E-state index in [0.717, 1.165) is 24.6 Å². The van der Waals surface area contributed by atoms with Gasteiger partial charge >= 0.3 is 0 Å². The highest BCUT2D eigenvalue weighted by atomic mass is 16.5. The van der Waals surface area contributed by atoms with Crippen molar-refractivity contribution >= 4 is 0 Å². The lowest BCUT2D eigenvalue weighted by Crippen LogP contribution is -2.30. The van der Waals surface area contributed by atoms with E-state index in [9.17, 15) is 0 Å². The number of nitrogens with one attached hydrogen (secondary N) is 1. The quantitative estimate of drug-likeness (QED) is 0.815. The summed E-state index contributed by atoms with van der Waals surface area (Å²) < 4.78 is 5.44. The molecule has 1 aliphatic carbocycles. The van der Waals surface area contributed by atoms with Gasteiger partial charge < -0.3 is 10.1 Å². The molecule has 1 aromatic carbocycles. The molecule has 94 valence electrons. The summed E-state index contributed by atoms with van der Waals surface area (Å²) in [6.45, 7) is 4.45. The third kappa shape index (κ3) is 3.47. The minimum atomic E-state index is 0.531. The fraction of sp³-hybridized carbons (Fsp3) is 0.600. The van der Waals surface area contributed by atoms with E-state index in [2.05, 4.69) is 37.4 Å². The van der Waals surface area contributed by atoms with E-state index in [1.54, 1.807) is 7.11 Å². The Morgan fingerprint density at radius 3 is 2.76 bits per heavy atom. The highest BCUT2D eigenvalue weighted by molar-refractivity contribution is 5.37. The second kappa shape index (κ2) is 5.54. The lowest BCUT2D eigenvalue weighted by molar-refractivity contribution is 0.405. The van der Waals surface area contributed by atoms with E-state index < -0.39 is 0 Å². The zero-order valence-electron chi connectivity index (χ0n) is 11.1. The van der Waals surface area contributed by atoms with Crippen LogP contribution in [0.5, 0.6) is 5.75 Å². The van der Waals surface area contributed by atoms with Gasteiger partial charge in [0.25, 0.3) is 0 Å². The summed E-state index contributed by atoms with van der Waals surface area (Å²) in [6, 6.07) is 7.83. The maximum absolute atomic E-state index is 5.44. The van der Waals surface area contributed by atoms with Crippen LogP contribution in [0.4, 0.5) is 0 Å². The topological polar surface area (TPSA) is 21.3 Å². The van der Waals surface area contributed by atoms with E-state index >= 15 is 0 Å². The molecule has 1 fully saturated rings. The molecule has 0 radical (unpaired) electrons. The fourth-order valence-electron chi connectivity index (χ4n) is 2.25. The first-order valence-corrected chi connectivity index (χ1v) is 6.64. The van der Waals surface area contributed by atoms with Crippen molar-refractivity contribution < 1.29 is 4.74 Å². The summed E-state index contributed by atoms with van der Waals surface area (Å²) in [4.78, 5) is 0. The molecule has 1 aliphatic rings. The summed E-state index contributed by atoms with van der Waals surface area (Å²) in [5.41, 5.74) is 2.71. The molecule has 1 atom stereocenters. The number of benzene rings is 1. The van der Waals surface area contributed by atoms with Crippen molar-refractivity contribution in [2.24, 2.45) is 0 Å². The molecule has 0 amide bonds. The van der Waals surface area contributed by atoms with Crippen molar-refractivity contribution in [1.29, 1.82) is 0 Å². The van der Waals surface area contributed by atoms with Gasteiger partial charge in [-0.3, -0.25) is 0 Å². The Balaban J connectivity index is 2.05. The highest BCUT2D eigenvalue weighted by Gasteiger charge is 2.23. The summed E-state index contributed by atoms with van der Waals surface area (Å²) in [5, 5.41) is 3.64. The van der Waals surface area contributed by atoms with Gasteiger partial charge in [-0.05, 0) is 49.8 Å². The molecule has 2 heteroatoms. The Hall–Kier alpha value is -1.02. The largest absolute Gasteiger partial charge is 0.496 e. The van der Waals surface area contributed by atoms with Crippen molar-refractivity contribution in [3.05, 3.63) is 29.3 Å². The minimum absolute atomic E-state index is 0.531. The van der Waals surface area contributed by atoms with Gasteiger partial charge in [0.15, 0.2) is 0 Å². The number of hydrogen-bond donors (Lipinski definition) is 1. The molecule has 1 aromatic rings. The zero-order valence-corrected chi connectivity index (χ0v) is 11.1. The minimum Gasteiger partial charge on any atom is -0.496 e. The van der Waals surface area contributed by atoms with E-state index in [1.165, 1.54) is 24.0 Å². The molecule has 0 heterocycles. The Morgan fingerprint density at radius 2 is 2.18 bits per heavy atom. The molecule has 2 rings (SSSR count). The van der Waals surface area contributed by atoms with Crippen LogP contribution in [0.15, 0.2) is 18.2 Å². The number of methoxy groups -OCH3 is 1. The molecule has 17 heavy (non-hydrogen) atoms. The van der Waals surface area contributed by atoms with Gasteiger partial charge in [-0.15, -0.1) is 0 Å². The van der Waals surface area contributed by atoms with Gasteiger partial charge in [0, 0.05) is 12.1 Å². The zero-order chi connectivity index (χ0) is 12.3. The standard InChI is InChI=1S/C15H23NO/c1-4-12-5-8-15(17-3)13(10-12)9-11(2)16-14-6-7-14/h5,8,10-11,14,16H,4,6-7,9H2,1-3H3. The predicted octanol–water partition coefficient (Wildman–Crippen LogP) is 2.94. The second-order valence-electron chi connectivity index (χ2n) is 5.05. The molecular formula is C15H23NO. The molecule has 1 N–H and O–H groups in total. The molecule has 0 bridgehead atoms. The van der Waals surface area contributed by atoms with Crippen molar-refractivity contribution in [3.8, 4) is 5.75 Å². The van der Waals surface area contributed by atoms with E-state index in [1.807, 2.05) is 0 Å². The molecule has 1 unspecified atom stereocenters. The van der Waals surface area contributed by atoms with Crippen LogP contribution in [0.1, 0.15) is 37.8 Å². The Labute approximate surface area is 104 Å². The molecule has 0 aromatic heterocycles. The van der Waals surface area contributed by atoms with Crippen LogP contribution in [0, 0.1) is 0 Å². The third-order valence-corrected chi connectivity index (χ3v) is 3.38. The van der Waals surface area contributed by atoms with Crippen molar-refractivity contribution in [2.45, 2.75) is 51.6 Å². The molecule has 1 saturated carbocycles. The number of rotatable bonds is 6. The predicted molar refractivity (Wildman–Crippen MR) is 71.7 cm³/mol. The normalized spacial score (nSPS) is 16.9. The molecular weight excluding hydrogens is 210 g/mol. The number of ether oxygens (including phenoxy) is 1. The number of aryl methyl sites for hydroxylation is 1. The monoisotopic (exact) mass is 233 g/mol. The van der Waals surface area contributed by atoms with Crippen LogP contribution in [0.2, 0.25) is 0 Å². The van der Waals surface area contributed by atoms with Crippen molar-refractivity contribution in [1.82, 2.24) is 5.32 Å². The van der Waals surface area contributed by atoms with Crippen LogP contribution in [-0.2, 0) is 12.8 Å². The fourth-order valence-corrected chi connectivity index (χ4v) is 2.25. The number of hydrogen-bond acceptors (Lipinski definition) is 2.